The van der Waals surface area contributed by atoms with Gasteiger partial charge in [-0.1, -0.05) is 17.7 Å². The molecular weight excluding hydrogens is 314 g/mol. The van der Waals surface area contributed by atoms with Gasteiger partial charge >= 0.3 is 0 Å². The Morgan fingerprint density at radius 2 is 1.84 bits per heavy atom. The Bertz CT molecular complexity index is 1140. The molecule has 2 aromatic carbocycles. The summed E-state index contributed by atoms with van der Waals surface area (Å²) in [5, 5.41) is 6.29. The highest BCUT2D eigenvalue weighted by Gasteiger charge is 2.16. The van der Waals surface area contributed by atoms with Crippen LogP contribution in [-0.2, 0) is 6.54 Å². The van der Waals surface area contributed by atoms with E-state index in [2.05, 4.69) is 5.10 Å². The standard InChI is InChI=1S/C20H19N3O2/c1-4-22-18-11-15(25-3)9-10-16(18)17-12-21-23(20(24)19(17)22)14-7-5-13(2)6-8-14/h5-12H,4H2,1-3H3. The third-order valence-corrected chi connectivity index (χ3v) is 4.60. The Labute approximate surface area is 145 Å². The summed E-state index contributed by atoms with van der Waals surface area (Å²) in [4.78, 5) is 13.2. The van der Waals surface area contributed by atoms with Crippen molar-refractivity contribution in [2.75, 3.05) is 7.11 Å². The van der Waals surface area contributed by atoms with Crippen LogP contribution in [0.15, 0.2) is 53.5 Å². The fourth-order valence-electron chi connectivity index (χ4n) is 3.31. The van der Waals surface area contributed by atoms with Gasteiger partial charge in [0.25, 0.3) is 5.56 Å². The van der Waals surface area contributed by atoms with Crippen molar-refractivity contribution in [3.8, 4) is 11.4 Å². The minimum Gasteiger partial charge on any atom is -0.497 e. The number of aromatic nitrogens is 3. The minimum absolute atomic E-state index is 0.113. The zero-order valence-corrected chi connectivity index (χ0v) is 14.5. The molecule has 0 aliphatic heterocycles. The van der Waals surface area contributed by atoms with Gasteiger partial charge in [-0.05, 0) is 38.1 Å². The second-order valence-electron chi connectivity index (χ2n) is 6.09. The zero-order chi connectivity index (χ0) is 17.6. The smallest absolute Gasteiger partial charge is 0.296 e. The summed E-state index contributed by atoms with van der Waals surface area (Å²) in [6, 6.07) is 13.7. The van der Waals surface area contributed by atoms with Gasteiger partial charge in [-0.3, -0.25) is 4.79 Å². The van der Waals surface area contributed by atoms with Crippen molar-refractivity contribution in [2.24, 2.45) is 0 Å². The summed E-state index contributed by atoms with van der Waals surface area (Å²) in [6.45, 7) is 4.75. The Morgan fingerprint density at radius 1 is 1.08 bits per heavy atom. The Balaban J connectivity index is 2.08. The molecule has 5 heteroatoms. The van der Waals surface area contributed by atoms with Crippen LogP contribution < -0.4 is 10.3 Å². The van der Waals surface area contributed by atoms with E-state index in [1.807, 2.05) is 60.9 Å². The molecule has 0 saturated heterocycles. The number of nitrogens with zero attached hydrogens (tertiary/aromatic N) is 3. The Morgan fingerprint density at radius 3 is 2.52 bits per heavy atom. The van der Waals surface area contributed by atoms with Crippen molar-refractivity contribution in [2.45, 2.75) is 20.4 Å². The second-order valence-corrected chi connectivity index (χ2v) is 6.09. The molecule has 0 N–H and O–H groups in total. The van der Waals surface area contributed by atoms with E-state index in [1.54, 1.807) is 13.3 Å². The molecule has 2 aromatic heterocycles. The molecule has 126 valence electrons. The van der Waals surface area contributed by atoms with Crippen LogP contribution in [0.3, 0.4) is 0 Å². The van der Waals surface area contributed by atoms with Crippen molar-refractivity contribution in [3.05, 3.63) is 64.6 Å². The predicted octanol–water partition coefficient (Wildman–Crippen LogP) is 3.68. The van der Waals surface area contributed by atoms with Crippen LogP contribution in [0.1, 0.15) is 12.5 Å². The van der Waals surface area contributed by atoms with Gasteiger partial charge in [0.15, 0.2) is 0 Å². The molecule has 0 aliphatic carbocycles. The van der Waals surface area contributed by atoms with Gasteiger partial charge < -0.3 is 9.30 Å². The van der Waals surface area contributed by atoms with E-state index in [4.69, 9.17) is 4.74 Å². The highest BCUT2D eigenvalue weighted by atomic mass is 16.5. The molecule has 0 atom stereocenters. The Hall–Kier alpha value is -3.08. The van der Waals surface area contributed by atoms with Crippen LogP contribution in [-0.4, -0.2) is 21.5 Å². The van der Waals surface area contributed by atoms with Crippen molar-refractivity contribution in [1.29, 1.82) is 0 Å². The highest BCUT2D eigenvalue weighted by Crippen LogP contribution is 2.29. The summed E-state index contributed by atoms with van der Waals surface area (Å²) in [5.41, 5.74) is 3.45. The van der Waals surface area contributed by atoms with Gasteiger partial charge in [-0.25, -0.2) is 0 Å². The van der Waals surface area contributed by atoms with Crippen molar-refractivity contribution in [3.63, 3.8) is 0 Å². The monoisotopic (exact) mass is 333 g/mol. The predicted molar refractivity (Wildman–Crippen MR) is 99.8 cm³/mol. The fraction of sp³-hybridized carbons (Fsp3) is 0.200. The molecule has 4 aromatic rings. The number of methoxy groups -OCH3 is 1. The van der Waals surface area contributed by atoms with E-state index in [0.29, 0.717) is 12.1 Å². The number of rotatable bonds is 3. The quantitative estimate of drug-likeness (QED) is 0.575. The average molecular weight is 333 g/mol. The van der Waals surface area contributed by atoms with Gasteiger partial charge in [0.05, 0.1) is 24.5 Å². The molecular formula is C20H19N3O2. The maximum Gasteiger partial charge on any atom is 0.296 e. The lowest BCUT2D eigenvalue weighted by Gasteiger charge is -2.07. The maximum atomic E-state index is 13.2. The largest absolute Gasteiger partial charge is 0.497 e. The summed E-state index contributed by atoms with van der Waals surface area (Å²) in [7, 11) is 1.64. The minimum atomic E-state index is -0.113. The second kappa shape index (κ2) is 5.77. The lowest BCUT2D eigenvalue weighted by molar-refractivity contribution is 0.415. The molecule has 5 nitrogen and oxygen atoms in total. The van der Waals surface area contributed by atoms with Crippen molar-refractivity contribution < 1.29 is 4.74 Å². The number of hydrogen-bond donors (Lipinski definition) is 0. The Kier molecular flexibility index (Phi) is 3.57. The molecule has 25 heavy (non-hydrogen) atoms. The summed E-state index contributed by atoms with van der Waals surface area (Å²) in [5.74, 6) is 0.775. The summed E-state index contributed by atoms with van der Waals surface area (Å²) < 4.78 is 8.83. The molecule has 4 rings (SSSR count). The first-order chi connectivity index (χ1) is 12.1. The van der Waals surface area contributed by atoms with Crippen LogP contribution in [0.5, 0.6) is 5.75 Å². The molecule has 0 unspecified atom stereocenters. The van der Waals surface area contributed by atoms with Gasteiger partial charge in [-0.15, -0.1) is 0 Å². The van der Waals surface area contributed by atoms with E-state index in [0.717, 1.165) is 33.3 Å². The molecule has 0 fully saturated rings. The van der Waals surface area contributed by atoms with Crippen LogP contribution in [0.25, 0.3) is 27.5 Å². The molecule has 0 aliphatic rings. The van der Waals surface area contributed by atoms with Crippen LogP contribution in [0, 0.1) is 6.92 Å². The lowest BCUT2D eigenvalue weighted by atomic mass is 10.2. The van der Waals surface area contributed by atoms with Gasteiger partial charge in [-0.2, -0.15) is 9.78 Å². The maximum absolute atomic E-state index is 13.2. The SMILES string of the molecule is CCn1c2cc(OC)ccc2c2cnn(-c3ccc(C)cc3)c(=O)c21. The first-order valence-electron chi connectivity index (χ1n) is 8.29. The first kappa shape index (κ1) is 15.4. The molecule has 0 spiro atoms. The molecule has 2 heterocycles. The van der Waals surface area contributed by atoms with E-state index in [9.17, 15) is 4.79 Å². The fourth-order valence-corrected chi connectivity index (χ4v) is 3.31. The number of hydrogen-bond acceptors (Lipinski definition) is 3. The first-order valence-corrected chi connectivity index (χ1v) is 8.29. The van der Waals surface area contributed by atoms with E-state index in [1.165, 1.54) is 4.68 Å². The third kappa shape index (κ3) is 2.31. The third-order valence-electron chi connectivity index (χ3n) is 4.60. The van der Waals surface area contributed by atoms with E-state index < -0.39 is 0 Å². The molecule has 0 saturated carbocycles. The number of aryl methyl sites for hydroxylation is 2. The van der Waals surface area contributed by atoms with Crippen LogP contribution in [0.4, 0.5) is 0 Å². The zero-order valence-electron chi connectivity index (χ0n) is 14.5. The summed E-state index contributed by atoms with van der Waals surface area (Å²) >= 11 is 0. The number of fused-ring (bicyclic) bond motifs is 3. The van der Waals surface area contributed by atoms with E-state index >= 15 is 0 Å². The van der Waals surface area contributed by atoms with Crippen LogP contribution >= 0.6 is 0 Å². The average Bonchev–Trinajstić information content (AvgIpc) is 2.96. The highest BCUT2D eigenvalue weighted by molar-refractivity contribution is 6.07. The topological polar surface area (TPSA) is 49.0 Å². The number of benzene rings is 2. The normalized spacial score (nSPS) is 11.3. The molecule has 0 bridgehead atoms. The van der Waals surface area contributed by atoms with Crippen LogP contribution in [0.2, 0.25) is 0 Å². The lowest BCUT2D eigenvalue weighted by Crippen LogP contribution is -2.22. The number of ether oxygens (including phenoxy) is 1. The van der Waals surface area contributed by atoms with Gasteiger partial charge in [0, 0.05) is 23.4 Å². The molecule has 0 amide bonds. The van der Waals surface area contributed by atoms with Gasteiger partial charge in [0.1, 0.15) is 11.3 Å². The van der Waals surface area contributed by atoms with E-state index in [-0.39, 0.29) is 5.56 Å². The van der Waals surface area contributed by atoms with Crippen molar-refractivity contribution >= 4 is 21.8 Å². The molecule has 0 radical (unpaired) electrons. The summed E-state index contributed by atoms with van der Waals surface area (Å²) in [6.07, 6.45) is 1.78. The van der Waals surface area contributed by atoms with Gasteiger partial charge in [0.2, 0.25) is 0 Å². The van der Waals surface area contributed by atoms with Crippen molar-refractivity contribution in [1.82, 2.24) is 14.3 Å².